The molecule has 0 spiro atoms. The van der Waals surface area contributed by atoms with E-state index in [-0.39, 0.29) is 24.0 Å². The van der Waals surface area contributed by atoms with Gasteiger partial charge in [-0.15, -0.1) is 24.0 Å². The summed E-state index contributed by atoms with van der Waals surface area (Å²) in [7, 11) is 0. The molecule has 0 saturated carbocycles. The molecule has 4 nitrogen and oxygen atoms in total. The fourth-order valence-electron chi connectivity index (χ4n) is 2.35. The quantitative estimate of drug-likeness (QED) is 0.265. The van der Waals surface area contributed by atoms with Crippen LogP contribution in [-0.4, -0.2) is 37.0 Å². The van der Waals surface area contributed by atoms with E-state index in [1.54, 1.807) is 0 Å². The van der Waals surface area contributed by atoms with Crippen LogP contribution in [0.5, 0.6) is 0 Å². The number of nitrogens with zero attached hydrogens (tertiary/aromatic N) is 2. The van der Waals surface area contributed by atoms with Gasteiger partial charge in [0.15, 0.2) is 5.96 Å². The number of nitrogens with one attached hydrogen (secondary N) is 1. The van der Waals surface area contributed by atoms with Crippen LogP contribution in [0.15, 0.2) is 29.3 Å². The van der Waals surface area contributed by atoms with Crippen molar-refractivity contribution in [3.63, 3.8) is 0 Å². The molecule has 0 bridgehead atoms. The van der Waals surface area contributed by atoms with E-state index in [1.165, 1.54) is 12.0 Å². The van der Waals surface area contributed by atoms with Crippen LogP contribution in [0.2, 0.25) is 0 Å². The Bertz CT molecular complexity index is 456. The molecule has 3 N–H and O–H groups in total. The zero-order valence-corrected chi connectivity index (χ0v) is 17.3. The van der Waals surface area contributed by atoms with Gasteiger partial charge in [0, 0.05) is 12.2 Å². The maximum Gasteiger partial charge on any atom is 0.193 e. The normalized spacial score (nSPS) is 11.7. The first-order valence-corrected chi connectivity index (χ1v) is 8.46. The van der Waals surface area contributed by atoms with Gasteiger partial charge in [-0.1, -0.05) is 39.8 Å². The first-order chi connectivity index (χ1) is 10.6. The third-order valence-electron chi connectivity index (χ3n) is 3.88. The van der Waals surface area contributed by atoms with Crippen molar-refractivity contribution in [3.8, 4) is 0 Å². The number of anilines is 1. The van der Waals surface area contributed by atoms with Gasteiger partial charge in [-0.3, -0.25) is 4.99 Å². The van der Waals surface area contributed by atoms with Crippen LogP contribution < -0.4 is 11.1 Å². The van der Waals surface area contributed by atoms with E-state index in [4.69, 9.17) is 5.73 Å². The maximum absolute atomic E-state index is 5.95. The van der Waals surface area contributed by atoms with E-state index in [9.17, 15) is 0 Å². The van der Waals surface area contributed by atoms with Crippen LogP contribution in [0.3, 0.4) is 0 Å². The van der Waals surface area contributed by atoms with Crippen LogP contribution in [0.25, 0.3) is 0 Å². The molecule has 1 aromatic carbocycles. The Morgan fingerprint density at radius 3 is 2.52 bits per heavy atom. The summed E-state index contributed by atoms with van der Waals surface area (Å²) in [5.41, 5.74) is 8.27. The molecule has 0 radical (unpaired) electrons. The lowest BCUT2D eigenvalue weighted by molar-refractivity contribution is 0.298. The van der Waals surface area contributed by atoms with Crippen molar-refractivity contribution in [3.05, 3.63) is 29.8 Å². The highest BCUT2D eigenvalue weighted by atomic mass is 127. The van der Waals surface area contributed by atoms with Gasteiger partial charge >= 0.3 is 0 Å². The Morgan fingerprint density at radius 1 is 1.22 bits per heavy atom. The van der Waals surface area contributed by atoms with Gasteiger partial charge in [-0.05, 0) is 56.1 Å². The summed E-state index contributed by atoms with van der Waals surface area (Å²) in [6.45, 7) is 12.9. The molecule has 5 heteroatoms. The van der Waals surface area contributed by atoms with Crippen molar-refractivity contribution < 1.29 is 0 Å². The van der Waals surface area contributed by atoms with Crippen LogP contribution in [0.1, 0.15) is 52.0 Å². The number of rotatable bonds is 9. The molecule has 0 fully saturated rings. The van der Waals surface area contributed by atoms with Gasteiger partial charge in [0.1, 0.15) is 0 Å². The van der Waals surface area contributed by atoms with Gasteiger partial charge in [0.2, 0.25) is 0 Å². The van der Waals surface area contributed by atoms with Gasteiger partial charge in [-0.2, -0.15) is 0 Å². The van der Waals surface area contributed by atoms with Crippen LogP contribution in [0.4, 0.5) is 5.69 Å². The van der Waals surface area contributed by atoms with Gasteiger partial charge < -0.3 is 16.0 Å². The molecular weight excluding hydrogens is 399 g/mol. The number of hydrogen-bond donors (Lipinski definition) is 2. The Morgan fingerprint density at radius 2 is 1.91 bits per heavy atom. The standard InChI is InChI=1S/C18H32N4.HI/c1-5-22(6-2)13-8-7-12-20-18(19)21-17-11-9-10-16(14-17)15(3)4;/h9-11,14-15H,5-8,12-13H2,1-4H3,(H3,19,20,21);1H. The second-order valence-corrected chi connectivity index (χ2v) is 5.91. The summed E-state index contributed by atoms with van der Waals surface area (Å²) >= 11 is 0. The van der Waals surface area contributed by atoms with Crippen LogP contribution in [-0.2, 0) is 0 Å². The van der Waals surface area contributed by atoms with Gasteiger partial charge in [-0.25, -0.2) is 0 Å². The van der Waals surface area contributed by atoms with Gasteiger partial charge in [0.05, 0.1) is 0 Å². The van der Waals surface area contributed by atoms with Crippen molar-refractivity contribution >= 4 is 35.6 Å². The van der Waals surface area contributed by atoms with E-state index in [1.807, 2.05) is 6.07 Å². The summed E-state index contributed by atoms with van der Waals surface area (Å²) in [5, 5.41) is 3.18. The molecule has 1 aromatic rings. The number of unbranched alkanes of at least 4 members (excludes halogenated alkanes) is 1. The number of hydrogen-bond acceptors (Lipinski definition) is 2. The summed E-state index contributed by atoms with van der Waals surface area (Å²) in [6.07, 6.45) is 2.24. The number of aliphatic imine (C=N–C) groups is 1. The molecule has 0 aromatic heterocycles. The molecule has 0 aliphatic heterocycles. The van der Waals surface area contributed by atoms with Crippen LogP contribution in [0, 0.1) is 0 Å². The predicted octanol–water partition coefficient (Wildman–Crippen LogP) is 4.28. The lowest BCUT2D eigenvalue weighted by Gasteiger charge is -2.17. The van der Waals surface area contributed by atoms with E-state index in [2.05, 4.69) is 61.1 Å². The Labute approximate surface area is 158 Å². The number of guanidine groups is 1. The molecule has 0 unspecified atom stereocenters. The Kier molecular flexibility index (Phi) is 12.1. The first-order valence-electron chi connectivity index (χ1n) is 8.46. The highest BCUT2D eigenvalue weighted by Gasteiger charge is 2.01. The molecule has 0 amide bonds. The second-order valence-electron chi connectivity index (χ2n) is 5.91. The molecule has 23 heavy (non-hydrogen) atoms. The Hall–Kier alpha value is -0.820. The monoisotopic (exact) mass is 432 g/mol. The zero-order chi connectivity index (χ0) is 16.4. The molecule has 0 atom stereocenters. The first kappa shape index (κ1) is 22.2. The number of benzene rings is 1. The lowest BCUT2D eigenvalue weighted by atomic mass is 10.0. The average molecular weight is 432 g/mol. The fraction of sp³-hybridized carbons (Fsp3) is 0.611. The SMILES string of the molecule is CCN(CC)CCCCN=C(N)Nc1cccc(C(C)C)c1.I. The van der Waals surface area contributed by atoms with Crippen molar-refractivity contribution in [2.45, 2.75) is 46.5 Å². The fourth-order valence-corrected chi connectivity index (χ4v) is 2.35. The van der Waals surface area contributed by atoms with Crippen LogP contribution >= 0.6 is 24.0 Å². The molecular formula is C18H33IN4. The molecule has 1 rings (SSSR count). The predicted molar refractivity (Wildman–Crippen MR) is 113 cm³/mol. The van der Waals surface area contributed by atoms with Gasteiger partial charge in [0.25, 0.3) is 0 Å². The highest BCUT2D eigenvalue weighted by molar-refractivity contribution is 14.0. The Balaban J connectivity index is 0.00000484. The molecule has 0 aliphatic rings. The van der Waals surface area contributed by atoms with Crippen molar-refractivity contribution in [2.75, 3.05) is 31.5 Å². The summed E-state index contributed by atoms with van der Waals surface area (Å²) < 4.78 is 0. The third kappa shape index (κ3) is 9.15. The van der Waals surface area contributed by atoms with Crippen molar-refractivity contribution in [1.82, 2.24) is 4.90 Å². The van der Waals surface area contributed by atoms with Crippen molar-refractivity contribution in [1.29, 1.82) is 0 Å². The maximum atomic E-state index is 5.95. The highest BCUT2D eigenvalue weighted by Crippen LogP contribution is 2.18. The molecule has 132 valence electrons. The zero-order valence-electron chi connectivity index (χ0n) is 15.0. The molecule has 0 saturated heterocycles. The topological polar surface area (TPSA) is 53.6 Å². The average Bonchev–Trinajstić information content (AvgIpc) is 2.51. The summed E-state index contributed by atoms with van der Waals surface area (Å²) in [5.74, 6) is 1.02. The van der Waals surface area contributed by atoms with E-state index in [0.29, 0.717) is 11.9 Å². The number of halogens is 1. The van der Waals surface area contributed by atoms with Crippen molar-refractivity contribution in [2.24, 2.45) is 10.7 Å². The summed E-state index contributed by atoms with van der Waals surface area (Å²) in [4.78, 5) is 6.84. The second kappa shape index (κ2) is 12.6. The minimum absolute atomic E-state index is 0. The van der Waals surface area contributed by atoms with E-state index in [0.717, 1.165) is 38.3 Å². The third-order valence-corrected chi connectivity index (χ3v) is 3.88. The minimum Gasteiger partial charge on any atom is -0.370 e. The van der Waals surface area contributed by atoms with E-state index >= 15 is 0 Å². The number of nitrogens with two attached hydrogens (primary N) is 1. The van der Waals surface area contributed by atoms with E-state index < -0.39 is 0 Å². The smallest absolute Gasteiger partial charge is 0.193 e. The minimum atomic E-state index is 0. The molecule has 0 aliphatic carbocycles. The summed E-state index contributed by atoms with van der Waals surface area (Å²) in [6, 6.07) is 8.34. The largest absolute Gasteiger partial charge is 0.370 e. The lowest BCUT2D eigenvalue weighted by Crippen LogP contribution is -2.24. The molecule has 0 heterocycles.